The van der Waals surface area contributed by atoms with Gasteiger partial charge in [0.1, 0.15) is 5.54 Å². The van der Waals surface area contributed by atoms with Crippen molar-refractivity contribution in [1.82, 2.24) is 15.5 Å². The van der Waals surface area contributed by atoms with E-state index in [1.165, 1.54) is 4.90 Å². The van der Waals surface area contributed by atoms with Gasteiger partial charge in [0.05, 0.1) is 0 Å². The van der Waals surface area contributed by atoms with Gasteiger partial charge in [-0.1, -0.05) is 20.3 Å². The third-order valence-electron chi connectivity index (χ3n) is 4.57. The van der Waals surface area contributed by atoms with Gasteiger partial charge in [-0.25, -0.2) is 4.79 Å². The zero-order valence-electron chi connectivity index (χ0n) is 11.5. The first kappa shape index (κ1) is 13.3. The number of carbonyl (C=O) groups is 2. The number of hydrogen-bond donors (Lipinski definition) is 2. The van der Waals surface area contributed by atoms with E-state index in [0.717, 1.165) is 19.3 Å². The first-order chi connectivity index (χ1) is 8.54. The molecular formula is C13H23N3O2. The molecule has 0 aromatic carbocycles. The number of imide groups is 1. The normalized spacial score (nSPS) is 36.3. The largest absolute Gasteiger partial charge is 0.325 e. The highest BCUT2D eigenvalue weighted by atomic mass is 16.2. The topological polar surface area (TPSA) is 61.4 Å². The summed E-state index contributed by atoms with van der Waals surface area (Å²) in [6, 6.07) is -0.226. The molecule has 5 nitrogen and oxygen atoms in total. The van der Waals surface area contributed by atoms with Crippen molar-refractivity contribution in [1.29, 1.82) is 0 Å². The number of nitrogens with one attached hydrogen (secondary N) is 2. The van der Waals surface area contributed by atoms with E-state index in [0.29, 0.717) is 13.1 Å². The zero-order valence-corrected chi connectivity index (χ0v) is 11.5. The molecular weight excluding hydrogens is 230 g/mol. The molecule has 2 fully saturated rings. The predicted molar refractivity (Wildman–Crippen MR) is 69.1 cm³/mol. The first-order valence-corrected chi connectivity index (χ1v) is 6.82. The summed E-state index contributed by atoms with van der Waals surface area (Å²) in [5.74, 6) is 0.414. The molecule has 2 rings (SSSR count). The number of amides is 3. The summed E-state index contributed by atoms with van der Waals surface area (Å²) < 4.78 is 0. The predicted octanol–water partition coefficient (Wildman–Crippen LogP) is 0.952. The Morgan fingerprint density at radius 3 is 2.50 bits per heavy atom. The summed E-state index contributed by atoms with van der Waals surface area (Å²) in [5, 5.41) is 5.96. The number of nitrogens with zero attached hydrogens (tertiary/aromatic N) is 1. The minimum Gasteiger partial charge on any atom is -0.323 e. The maximum absolute atomic E-state index is 12.6. The van der Waals surface area contributed by atoms with Crippen LogP contribution in [0.2, 0.25) is 0 Å². The molecule has 18 heavy (non-hydrogen) atoms. The molecule has 2 aliphatic rings. The highest BCUT2D eigenvalue weighted by molar-refractivity contribution is 6.07. The third-order valence-corrected chi connectivity index (χ3v) is 4.57. The van der Waals surface area contributed by atoms with Crippen LogP contribution in [0.25, 0.3) is 0 Å². The van der Waals surface area contributed by atoms with Gasteiger partial charge in [-0.3, -0.25) is 9.69 Å². The van der Waals surface area contributed by atoms with Gasteiger partial charge >= 0.3 is 6.03 Å². The second-order valence-corrected chi connectivity index (χ2v) is 5.59. The van der Waals surface area contributed by atoms with E-state index in [4.69, 9.17) is 0 Å². The van der Waals surface area contributed by atoms with E-state index < -0.39 is 5.54 Å². The van der Waals surface area contributed by atoms with Crippen molar-refractivity contribution >= 4 is 11.9 Å². The molecule has 0 aromatic heterocycles. The SMILES string of the molecule is CNCCN1C(=O)NC2(C1=O)C(C)CCCC2C. The van der Waals surface area contributed by atoms with Gasteiger partial charge in [-0.05, 0) is 31.7 Å². The summed E-state index contributed by atoms with van der Waals surface area (Å²) in [4.78, 5) is 26.0. The van der Waals surface area contributed by atoms with Crippen LogP contribution in [0.5, 0.6) is 0 Å². The van der Waals surface area contributed by atoms with E-state index in [-0.39, 0.29) is 23.8 Å². The van der Waals surface area contributed by atoms with Crippen LogP contribution < -0.4 is 10.6 Å². The van der Waals surface area contributed by atoms with Crippen molar-refractivity contribution in [3.05, 3.63) is 0 Å². The molecule has 1 heterocycles. The minimum atomic E-state index is -0.650. The zero-order chi connectivity index (χ0) is 13.3. The molecule has 2 atom stereocenters. The van der Waals surface area contributed by atoms with Gasteiger partial charge in [0.25, 0.3) is 5.91 Å². The molecule has 1 saturated heterocycles. The van der Waals surface area contributed by atoms with Crippen molar-refractivity contribution in [3.8, 4) is 0 Å². The van der Waals surface area contributed by atoms with Gasteiger partial charge in [0.15, 0.2) is 0 Å². The molecule has 5 heteroatoms. The monoisotopic (exact) mass is 253 g/mol. The first-order valence-electron chi connectivity index (χ1n) is 6.82. The fourth-order valence-electron chi connectivity index (χ4n) is 3.38. The van der Waals surface area contributed by atoms with Gasteiger partial charge in [-0.15, -0.1) is 0 Å². The Morgan fingerprint density at radius 2 is 1.94 bits per heavy atom. The fourth-order valence-corrected chi connectivity index (χ4v) is 3.38. The summed E-state index contributed by atoms with van der Waals surface area (Å²) in [6.07, 6.45) is 3.16. The molecule has 0 aromatic rings. The smallest absolute Gasteiger partial charge is 0.323 e. The minimum absolute atomic E-state index is 0.0255. The second kappa shape index (κ2) is 4.88. The number of urea groups is 1. The average Bonchev–Trinajstić information content (AvgIpc) is 2.58. The Morgan fingerprint density at radius 1 is 1.33 bits per heavy atom. The van der Waals surface area contributed by atoms with Crippen molar-refractivity contribution in [2.24, 2.45) is 11.8 Å². The van der Waals surface area contributed by atoms with E-state index in [1.54, 1.807) is 0 Å². The molecule has 1 aliphatic heterocycles. The summed E-state index contributed by atoms with van der Waals surface area (Å²) in [5.41, 5.74) is -0.650. The summed E-state index contributed by atoms with van der Waals surface area (Å²) >= 11 is 0. The molecule has 2 unspecified atom stereocenters. The molecule has 1 aliphatic carbocycles. The standard InChI is InChI=1S/C13H23N3O2/c1-9-5-4-6-10(2)13(9)11(17)16(8-7-14-3)12(18)15-13/h9-10,14H,4-8H2,1-3H3,(H,15,18). The molecule has 2 N–H and O–H groups in total. The van der Waals surface area contributed by atoms with E-state index in [1.807, 2.05) is 7.05 Å². The highest BCUT2D eigenvalue weighted by Gasteiger charge is 2.57. The van der Waals surface area contributed by atoms with Gasteiger partial charge < -0.3 is 10.6 Å². The van der Waals surface area contributed by atoms with Crippen molar-refractivity contribution < 1.29 is 9.59 Å². The lowest BCUT2D eigenvalue weighted by Gasteiger charge is -2.42. The second-order valence-electron chi connectivity index (χ2n) is 5.59. The lowest BCUT2D eigenvalue weighted by Crippen LogP contribution is -2.59. The van der Waals surface area contributed by atoms with Crippen LogP contribution in [0, 0.1) is 11.8 Å². The molecule has 0 bridgehead atoms. The number of hydrogen-bond acceptors (Lipinski definition) is 3. The number of likely N-dealkylation sites (N-methyl/N-ethyl adjacent to an activating group) is 1. The van der Waals surface area contributed by atoms with Crippen LogP contribution >= 0.6 is 0 Å². The summed E-state index contributed by atoms with van der Waals surface area (Å²) in [7, 11) is 1.82. The van der Waals surface area contributed by atoms with Crippen LogP contribution in [0.15, 0.2) is 0 Å². The Balaban J connectivity index is 2.24. The Bertz CT molecular complexity index is 346. The molecule has 3 amide bonds. The van der Waals surface area contributed by atoms with Crippen LogP contribution in [0.4, 0.5) is 4.79 Å². The van der Waals surface area contributed by atoms with Gasteiger partial charge in [0, 0.05) is 13.1 Å². The third kappa shape index (κ3) is 1.81. The van der Waals surface area contributed by atoms with Crippen LogP contribution in [0.3, 0.4) is 0 Å². The fraction of sp³-hybridized carbons (Fsp3) is 0.846. The van der Waals surface area contributed by atoms with Crippen molar-refractivity contribution in [3.63, 3.8) is 0 Å². The molecule has 0 radical (unpaired) electrons. The van der Waals surface area contributed by atoms with Crippen LogP contribution in [0.1, 0.15) is 33.1 Å². The van der Waals surface area contributed by atoms with Crippen molar-refractivity contribution in [2.75, 3.05) is 20.1 Å². The van der Waals surface area contributed by atoms with Gasteiger partial charge in [-0.2, -0.15) is 0 Å². The van der Waals surface area contributed by atoms with E-state index in [9.17, 15) is 9.59 Å². The Labute approximate surface area is 108 Å². The highest BCUT2D eigenvalue weighted by Crippen LogP contribution is 2.41. The summed E-state index contributed by atoms with van der Waals surface area (Å²) in [6.45, 7) is 5.24. The number of carbonyl (C=O) groups excluding carboxylic acids is 2. The van der Waals surface area contributed by atoms with Crippen LogP contribution in [-0.4, -0.2) is 42.5 Å². The maximum Gasteiger partial charge on any atom is 0.325 e. The van der Waals surface area contributed by atoms with Crippen LogP contribution in [-0.2, 0) is 4.79 Å². The number of rotatable bonds is 3. The molecule has 1 spiro atoms. The average molecular weight is 253 g/mol. The molecule has 102 valence electrons. The lowest BCUT2D eigenvalue weighted by molar-refractivity contribution is -0.136. The Kier molecular flexibility index (Phi) is 3.61. The van der Waals surface area contributed by atoms with Crippen molar-refractivity contribution in [2.45, 2.75) is 38.6 Å². The molecule has 1 saturated carbocycles. The van der Waals surface area contributed by atoms with Gasteiger partial charge in [0.2, 0.25) is 0 Å². The lowest BCUT2D eigenvalue weighted by atomic mass is 9.67. The quantitative estimate of drug-likeness (QED) is 0.736. The maximum atomic E-state index is 12.6. The van der Waals surface area contributed by atoms with E-state index in [2.05, 4.69) is 24.5 Å². The Hall–Kier alpha value is -1.10. The van der Waals surface area contributed by atoms with E-state index >= 15 is 0 Å².